The van der Waals surface area contributed by atoms with E-state index >= 15 is 0 Å². The van der Waals surface area contributed by atoms with Gasteiger partial charge in [-0.1, -0.05) is 78.1 Å². The van der Waals surface area contributed by atoms with Gasteiger partial charge in [-0.15, -0.1) is 0 Å². The topological polar surface area (TPSA) is 35.0 Å². The van der Waals surface area contributed by atoms with Crippen LogP contribution >= 0.6 is 0 Å². The van der Waals surface area contributed by atoms with Gasteiger partial charge in [0.25, 0.3) is 0 Å². The fourth-order valence-electron chi connectivity index (χ4n) is 4.85. The highest BCUT2D eigenvalue weighted by Crippen LogP contribution is 2.32. The van der Waals surface area contributed by atoms with Crippen LogP contribution in [0.3, 0.4) is 0 Å². The number of hydrogen-bond donors (Lipinski definition) is 0. The van der Waals surface area contributed by atoms with E-state index < -0.39 is 0 Å². The zero-order valence-corrected chi connectivity index (χ0v) is 20.5. The summed E-state index contributed by atoms with van der Waals surface area (Å²) < 4.78 is 6.12. The maximum atomic E-state index is 6.12. The van der Waals surface area contributed by atoms with Gasteiger partial charge in [-0.2, -0.15) is 0 Å². The van der Waals surface area contributed by atoms with Crippen LogP contribution in [0.5, 0.6) is 5.75 Å². The monoisotopic (exact) mass is 436 g/mol. The van der Waals surface area contributed by atoms with Gasteiger partial charge in [-0.3, -0.25) is 0 Å². The summed E-state index contributed by atoms with van der Waals surface area (Å²) in [6, 6.07) is 8.30. The second-order valence-electron chi connectivity index (χ2n) is 9.80. The molecule has 1 fully saturated rings. The Morgan fingerprint density at radius 1 is 0.750 bits per heavy atom. The highest BCUT2D eigenvalue weighted by Gasteiger charge is 2.21. The summed E-state index contributed by atoms with van der Waals surface area (Å²) >= 11 is 0. The SMILES string of the molecule is CCCCCCCc1cnc(-c2ccc(OC[C@H]3CC[C@H](CCCCC)CC3)cc2)nc1. The molecule has 0 N–H and O–H groups in total. The Morgan fingerprint density at radius 3 is 2.06 bits per heavy atom. The summed E-state index contributed by atoms with van der Waals surface area (Å²) in [5, 5.41) is 0. The minimum atomic E-state index is 0.718. The molecule has 0 aliphatic heterocycles. The number of aromatic nitrogens is 2. The van der Waals surface area contributed by atoms with Crippen molar-refractivity contribution >= 4 is 0 Å². The molecule has 0 spiro atoms. The standard InChI is InChI=1S/C29H44N2O/c1-3-5-7-8-10-12-26-21-30-29(31-22-26)27-17-19-28(20-18-27)32-23-25-15-13-24(14-16-25)11-9-6-4-2/h17-22,24-25H,3-16,23H2,1-2H3/t24-,25-. The van der Waals surface area contributed by atoms with Gasteiger partial charge in [-0.25, -0.2) is 9.97 Å². The lowest BCUT2D eigenvalue weighted by atomic mass is 9.80. The molecule has 2 aromatic rings. The Kier molecular flexibility index (Phi) is 11.0. The van der Waals surface area contributed by atoms with Crippen LogP contribution in [0.2, 0.25) is 0 Å². The van der Waals surface area contributed by atoms with Crippen LogP contribution < -0.4 is 4.74 Å². The lowest BCUT2D eigenvalue weighted by Crippen LogP contribution is -2.20. The molecule has 0 bridgehead atoms. The molecule has 0 atom stereocenters. The first-order chi connectivity index (χ1) is 15.8. The normalized spacial score (nSPS) is 18.6. The van der Waals surface area contributed by atoms with Crippen molar-refractivity contribution in [3.05, 3.63) is 42.2 Å². The van der Waals surface area contributed by atoms with Gasteiger partial charge < -0.3 is 4.74 Å². The summed E-state index contributed by atoms with van der Waals surface area (Å²) in [7, 11) is 0. The lowest BCUT2D eigenvalue weighted by molar-refractivity contribution is 0.177. The molecule has 0 radical (unpaired) electrons. The fourth-order valence-corrected chi connectivity index (χ4v) is 4.85. The molecule has 1 aromatic heterocycles. The molecule has 176 valence electrons. The van der Waals surface area contributed by atoms with Crippen LogP contribution in [-0.2, 0) is 6.42 Å². The van der Waals surface area contributed by atoms with E-state index in [9.17, 15) is 0 Å². The van der Waals surface area contributed by atoms with Crippen LogP contribution in [-0.4, -0.2) is 16.6 Å². The molecule has 1 aromatic carbocycles. The fraction of sp³-hybridized carbons (Fsp3) is 0.655. The van der Waals surface area contributed by atoms with Crippen molar-refractivity contribution in [3.8, 4) is 17.1 Å². The predicted octanol–water partition coefficient (Wildman–Crippen LogP) is 8.42. The molecule has 3 nitrogen and oxygen atoms in total. The quantitative estimate of drug-likeness (QED) is 0.279. The molecule has 1 aliphatic carbocycles. The van der Waals surface area contributed by atoms with E-state index in [2.05, 4.69) is 48.1 Å². The van der Waals surface area contributed by atoms with Gasteiger partial charge in [0.05, 0.1) is 6.61 Å². The number of rotatable bonds is 14. The Morgan fingerprint density at radius 2 is 1.38 bits per heavy atom. The second kappa shape index (κ2) is 14.3. The van der Waals surface area contributed by atoms with Crippen LogP contribution in [0.15, 0.2) is 36.7 Å². The first-order valence-corrected chi connectivity index (χ1v) is 13.3. The minimum Gasteiger partial charge on any atom is -0.493 e. The highest BCUT2D eigenvalue weighted by molar-refractivity contribution is 5.55. The van der Waals surface area contributed by atoms with E-state index in [1.807, 2.05) is 12.4 Å². The van der Waals surface area contributed by atoms with Crippen molar-refractivity contribution in [2.45, 2.75) is 104 Å². The molecule has 32 heavy (non-hydrogen) atoms. The second-order valence-corrected chi connectivity index (χ2v) is 9.80. The Hall–Kier alpha value is -1.90. The van der Waals surface area contributed by atoms with E-state index in [-0.39, 0.29) is 0 Å². The van der Waals surface area contributed by atoms with Gasteiger partial charge >= 0.3 is 0 Å². The van der Waals surface area contributed by atoms with Gasteiger partial charge in [0.15, 0.2) is 5.82 Å². The van der Waals surface area contributed by atoms with Crippen LogP contribution in [0.1, 0.15) is 103 Å². The number of unbranched alkanes of at least 4 members (excludes halogenated alkanes) is 6. The molecule has 3 heteroatoms. The highest BCUT2D eigenvalue weighted by atomic mass is 16.5. The Bertz CT molecular complexity index is 733. The van der Waals surface area contributed by atoms with E-state index in [0.29, 0.717) is 0 Å². The van der Waals surface area contributed by atoms with Crippen molar-refractivity contribution in [2.24, 2.45) is 11.8 Å². The number of hydrogen-bond acceptors (Lipinski definition) is 3. The Balaban J connectivity index is 1.38. The molecule has 3 rings (SSSR count). The average Bonchev–Trinajstić information content (AvgIpc) is 2.84. The van der Waals surface area contributed by atoms with Crippen molar-refractivity contribution < 1.29 is 4.74 Å². The van der Waals surface area contributed by atoms with E-state index in [0.717, 1.165) is 42.0 Å². The summed E-state index contributed by atoms with van der Waals surface area (Å²) in [5.74, 6) is 3.44. The third-order valence-electron chi connectivity index (χ3n) is 7.05. The zero-order valence-electron chi connectivity index (χ0n) is 20.5. The third kappa shape index (κ3) is 8.56. The minimum absolute atomic E-state index is 0.718. The van der Waals surface area contributed by atoms with Gasteiger partial charge in [0.2, 0.25) is 0 Å². The average molecular weight is 437 g/mol. The summed E-state index contributed by atoms with van der Waals surface area (Å²) in [6.07, 6.45) is 22.6. The van der Waals surface area contributed by atoms with Crippen LogP contribution in [0.4, 0.5) is 0 Å². The first-order valence-electron chi connectivity index (χ1n) is 13.3. The van der Waals surface area contributed by atoms with E-state index in [4.69, 9.17) is 4.74 Å². The predicted molar refractivity (Wildman–Crippen MR) is 135 cm³/mol. The Labute approximate surface area is 196 Å². The maximum absolute atomic E-state index is 6.12. The summed E-state index contributed by atoms with van der Waals surface area (Å²) in [5.41, 5.74) is 2.30. The van der Waals surface area contributed by atoms with Crippen molar-refractivity contribution in [1.29, 1.82) is 0 Å². The van der Waals surface area contributed by atoms with E-state index in [1.165, 1.54) is 89.0 Å². The maximum Gasteiger partial charge on any atom is 0.159 e. The molecule has 0 unspecified atom stereocenters. The molecule has 0 saturated heterocycles. The zero-order chi connectivity index (χ0) is 22.4. The summed E-state index contributed by atoms with van der Waals surface area (Å²) in [4.78, 5) is 9.19. The molecule has 0 amide bonds. The van der Waals surface area contributed by atoms with Gasteiger partial charge in [0.1, 0.15) is 5.75 Å². The van der Waals surface area contributed by atoms with Crippen LogP contribution in [0.25, 0.3) is 11.4 Å². The first kappa shape index (κ1) is 24.7. The smallest absolute Gasteiger partial charge is 0.159 e. The van der Waals surface area contributed by atoms with Gasteiger partial charge in [0, 0.05) is 18.0 Å². The van der Waals surface area contributed by atoms with Crippen molar-refractivity contribution in [1.82, 2.24) is 9.97 Å². The van der Waals surface area contributed by atoms with Gasteiger partial charge in [-0.05, 0) is 67.3 Å². The van der Waals surface area contributed by atoms with Crippen LogP contribution in [0, 0.1) is 11.8 Å². The summed E-state index contributed by atoms with van der Waals surface area (Å²) in [6.45, 7) is 5.40. The molecular weight excluding hydrogens is 392 g/mol. The lowest BCUT2D eigenvalue weighted by Gasteiger charge is -2.28. The number of aryl methyl sites for hydroxylation is 1. The number of nitrogens with zero attached hydrogens (tertiary/aromatic N) is 2. The molecule has 1 heterocycles. The number of ether oxygens (including phenoxy) is 1. The molecular formula is C29H44N2O. The molecule has 1 saturated carbocycles. The molecule has 1 aliphatic rings. The van der Waals surface area contributed by atoms with Crippen molar-refractivity contribution in [3.63, 3.8) is 0 Å². The largest absolute Gasteiger partial charge is 0.493 e. The van der Waals surface area contributed by atoms with Crippen molar-refractivity contribution in [2.75, 3.05) is 6.61 Å². The number of benzene rings is 1. The van der Waals surface area contributed by atoms with E-state index in [1.54, 1.807) is 0 Å². The third-order valence-corrected chi connectivity index (χ3v) is 7.05.